The maximum atomic E-state index is 6.46. The van der Waals surface area contributed by atoms with E-state index >= 15 is 0 Å². The molecular weight excluding hydrogens is 631 g/mol. The van der Waals surface area contributed by atoms with E-state index in [-0.39, 0.29) is 0 Å². The third kappa shape index (κ3) is 3.68. The summed E-state index contributed by atoms with van der Waals surface area (Å²) >= 11 is 0. The molecule has 12 aromatic rings. The molecular formula is C50H29NO. The number of para-hydroxylation sites is 3. The number of rotatable bonds is 2. The van der Waals surface area contributed by atoms with E-state index in [1.807, 2.05) is 6.07 Å². The lowest BCUT2D eigenvalue weighted by atomic mass is 9.87. The molecule has 0 aliphatic heterocycles. The fourth-order valence-corrected chi connectivity index (χ4v) is 9.14. The summed E-state index contributed by atoms with van der Waals surface area (Å²) in [6, 6.07) is 64.3. The minimum Gasteiger partial charge on any atom is -0.455 e. The summed E-state index contributed by atoms with van der Waals surface area (Å²) in [6.07, 6.45) is 0. The van der Waals surface area contributed by atoms with E-state index in [9.17, 15) is 0 Å². The maximum absolute atomic E-state index is 6.46. The zero-order valence-corrected chi connectivity index (χ0v) is 28.1. The van der Waals surface area contributed by atoms with E-state index in [4.69, 9.17) is 4.42 Å². The quantitative estimate of drug-likeness (QED) is 0.169. The van der Waals surface area contributed by atoms with Gasteiger partial charge in [0.25, 0.3) is 0 Å². The van der Waals surface area contributed by atoms with E-state index < -0.39 is 0 Å². The first-order valence-electron chi connectivity index (χ1n) is 17.9. The summed E-state index contributed by atoms with van der Waals surface area (Å²) < 4.78 is 8.90. The molecule has 0 bridgehead atoms. The fourth-order valence-electron chi connectivity index (χ4n) is 9.14. The zero-order chi connectivity index (χ0) is 33.9. The summed E-state index contributed by atoms with van der Waals surface area (Å²) in [6.45, 7) is 0. The highest BCUT2D eigenvalue weighted by atomic mass is 16.3. The van der Waals surface area contributed by atoms with Crippen molar-refractivity contribution in [2.45, 2.75) is 0 Å². The molecule has 0 radical (unpaired) electrons. The van der Waals surface area contributed by atoms with Crippen LogP contribution in [0.2, 0.25) is 0 Å². The van der Waals surface area contributed by atoms with Gasteiger partial charge in [0, 0.05) is 32.8 Å². The number of benzene rings is 10. The van der Waals surface area contributed by atoms with Gasteiger partial charge in [0.1, 0.15) is 11.2 Å². The Kier molecular flexibility index (Phi) is 5.53. The van der Waals surface area contributed by atoms with Gasteiger partial charge in [0.15, 0.2) is 0 Å². The van der Waals surface area contributed by atoms with Crippen LogP contribution >= 0.6 is 0 Å². The minimum atomic E-state index is 0.917. The van der Waals surface area contributed by atoms with Crippen molar-refractivity contribution >= 4 is 97.6 Å². The molecule has 12 rings (SSSR count). The molecule has 0 unspecified atom stereocenters. The van der Waals surface area contributed by atoms with Gasteiger partial charge in [-0.2, -0.15) is 0 Å². The summed E-state index contributed by atoms with van der Waals surface area (Å²) in [5.41, 5.74) is 7.63. The highest BCUT2D eigenvalue weighted by Crippen LogP contribution is 2.45. The van der Waals surface area contributed by atoms with Crippen molar-refractivity contribution in [3.8, 4) is 16.8 Å². The summed E-state index contributed by atoms with van der Waals surface area (Å²) in [4.78, 5) is 0. The van der Waals surface area contributed by atoms with Crippen molar-refractivity contribution in [2.75, 3.05) is 0 Å². The standard InChI is InChI=1S/C50H29NO/c1-4-17-38-33(12-1)34-13-2-5-18-39(34)49-41-26-25-31(29-43(41)35-14-3-6-19-40(35)48(38)49)51-45-22-9-7-15-36(45)44-28-30(24-27-46(44)51)32-20-11-21-42-37-16-8-10-23-47(37)52-50(32)42/h1-29H. The Labute approximate surface area is 298 Å². The summed E-state index contributed by atoms with van der Waals surface area (Å²) in [5, 5.41) is 17.7. The van der Waals surface area contributed by atoms with E-state index in [1.165, 1.54) is 75.7 Å². The normalized spacial score (nSPS) is 12.2. The molecule has 2 heterocycles. The lowest BCUT2D eigenvalue weighted by Crippen LogP contribution is -1.95. The van der Waals surface area contributed by atoms with Crippen molar-refractivity contribution in [3.63, 3.8) is 0 Å². The molecule has 0 N–H and O–H groups in total. The van der Waals surface area contributed by atoms with Gasteiger partial charge in [-0.05, 0) is 95.8 Å². The molecule has 10 aromatic carbocycles. The number of aromatic nitrogens is 1. The Morgan fingerprint density at radius 2 is 0.865 bits per heavy atom. The SMILES string of the molecule is c1ccc2c(c1)oc1c(-c3ccc4c(c3)c3ccccc3n4-c3ccc4c(c3)c3ccccc3c3c5ccccc5c5ccccc5c43)cccc12. The van der Waals surface area contributed by atoms with Crippen LogP contribution < -0.4 is 0 Å². The van der Waals surface area contributed by atoms with Gasteiger partial charge >= 0.3 is 0 Å². The van der Waals surface area contributed by atoms with Gasteiger partial charge in [-0.3, -0.25) is 0 Å². The zero-order valence-electron chi connectivity index (χ0n) is 28.1. The van der Waals surface area contributed by atoms with Gasteiger partial charge in [0.05, 0.1) is 11.0 Å². The molecule has 240 valence electrons. The third-order valence-corrected chi connectivity index (χ3v) is 11.3. The number of nitrogens with zero attached hydrogens (tertiary/aromatic N) is 1. The van der Waals surface area contributed by atoms with Gasteiger partial charge in [0.2, 0.25) is 0 Å². The van der Waals surface area contributed by atoms with Gasteiger partial charge in [-0.1, -0.05) is 140 Å². The second-order valence-corrected chi connectivity index (χ2v) is 14.0. The molecule has 0 atom stereocenters. The first-order chi connectivity index (χ1) is 25.8. The van der Waals surface area contributed by atoms with Crippen LogP contribution in [0.4, 0.5) is 0 Å². The van der Waals surface area contributed by atoms with Crippen LogP contribution in [0, 0.1) is 0 Å². The van der Waals surface area contributed by atoms with Gasteiger partial charge in [-0.25, -0.2) is 0 Å². The maximum Gasteiger partial charge on any atom is 0.143 e. The van der Waals surface area contributed by atoms with Crippen molar-refractivity contribution < 1.29 is 4.42 Å². The number of fused-ring (bicyclic) bond motifs is 17. The molecule has 0 amide bonds. The second-order valence-electron chi connectivity index (χ2n) is 14.0. The monoisotopic (exact) mass is 659 g/mol. The average molecular weight is 660 g/mol. The van der Waals surface area contributed by atoms with Crippen molar-refractivity contribution in [3.05, 3.63) is 176 Å². The van der Waals surface area contributed by atoms with E-state index in [0.717, 1.165) is 38.8 Å². The molecule has 0 saturated carbocycles. The van der Waals surface area contributed by atoms with E-state index in [0.29, 0.717) is 0 Å². The van der Waals surface area contributed by atoms with Crippen LogP contribution in [0.25, 0.3) is 114 Å². The van der Waals surface area contributed by atoms with Crippen LogP contribution in [0.5, 0.6) is 0 Å². The summed E-state index contributed by atoms with van der Waals surface area (Å²) in [5.74, 6) is 0. The Balaban J connectivity index is 1.15. The lowest BCUT2D eigenvalue weighted by Gasteiger charge is -2.17. The van der Waals surface area contributed by atoms with E-state index in [2.05, 4.69) is 174 Å². The van der Waals surface area contributed by atoms with Crippen LogP contribution in [-0.2, 0) is 0 Å². The Hall–Kier alpha value is -6.90. The van der Waals surface area contributed by atoms with Crippen molar-refractivity contribution in [2.24, 2.45) is 0 Å². The predicted molar refractivity (Wildman–Crippen MR) is 221 cm³/mol. The average Bonchev–Trinajstić information content (AvgIpc) is 3.76. The largest absolute Gasteiger partial charge is 0.455 e. The lowest BCUT2D eigenvalue weighted by molar-refractivity contribution is 0.670. The van der Waals surface area contributed by atoms with Crippen molar-refractivity contribution in [1.82, 2.24) is 4.57 Å². The molecule has 0 aliphatic carbocycles. The topological polar surface area (TPSA) is 18.1 Å². The first-order valence-corrected chi connectivity index (χ1v) is 17.9. The van der Waals surface area contributed by atoms with E-state index in [1.54, 1.807) is 0 Å². The molecule has 52 heavy (non-hydrogen) atoms. The van der Waals surface area contributed by atoms with Crippen molar-refractivity contribution in [1.29, 1.82) is 0 Å². The molecule has 2 aromatic heterocycles. The number of hydrogen-bond acceptors (Lipinski definition) is 1. The van der Waals surface area contributed by atoms with Gasteiger partial charge < -0.3 is 8.98 Å². The Morgan fingerprint density at radius 3 is 1.58 bits per heavy atom. The van der Waals surface area contributed by atoms with Crippen LogP contribution in [0.1, 0.15) is 0 Å². The minimum absolute atomic E-state index is 0.917. The second kappa shape index (κ2) is 10.3. The molecule has 2 nitrogen and oxygen atoms in total. The highest BCUT2D eigenvalue weighted by Gasteiger charge is 2.19. The molecule has 0 aliphatic rings. The number of furan rings is 1. The molecule has 0 spiro atoms. The third-order valence-electron chi connectivity index (χ3n) is 11.3. The summed E-state index contributed by atoms with van der Waals surface area (Å²) in [7, 11) is 0. The highest BCUT2D eigenvalue weighted by molar-refractivity contribution is 6.39. The van der Waals surface area contributed by atoms with Gasteiger partial charge in [-0.15, -0.1) is 0 Å². The Morgan fingerprint density at radius 1 is 0.327 bits per heavy atom. The fraction of sp³-hybridized carbons (Fsp3) is 0. The van der Waals surface area contributed by atoms with Crippen LogP contribution in [0.15, 0.2) is 180 Å². The predicted octanol–water partition coefficient (Wildman–Crippen LogP) is 14.1. The van der Waals surface area contributed by atoms with Crippen LogP contribution in [0.3, 0.4) is 0 Å². The number of hydrogen-bond donors (Lipinski definition) is 0. The molecule has 0 fully saturated rings. The Bertz CT molecular complexity index is 3470. The van der Waals surface area contributed by atoms with Crippen LogP contribution in [-0.4, -0.2) is 4.57 Å². The smallest absolute Gasteiger partial charge is 0.143 e. The molecule has 0 saturated heterocycles. The first kappa shape index (κ1) is 27.9. The molecule has 2 heteroatoms.